The standard InChI is InChI=1S/C18H16ClN3O/c19-15-8-6-13(7-9-15)16(23)12-21-17-10-11-20-18(22-17)14-4-2-1-3-5-14/h1-11,16,23H,12H2,(H,20,21,22). The lowest BCUT2D eigenvalue weighted by Crippen LogP contribution is -2.13. The molecule has 3 rings (SSSR count). The van der Waals surface area contributed by atoms with Gasteiger partial charge in [-0.05, 0) is 23.8 Å². The molecule has 0 bridgehead atoms. The minimum atomic E-state index is -0.637. The van der Waals surface area contributed by atoms with Gasteiger partial charge in [0, 0.05) is 23.3 Å². The number of hydrogen-bond donors (Lipinski definition) is 2. The average Bonchev–Trinajstić information content (AvgIpc) is 2.61. The third-order valence-corrected chi connectivity index (χ3v) is 3.67. The summed E-state index contributed by atoms with van der Waals surface area (Å²) in [6, 6.07) is 18.7. The van der Waals surface area contributed by atoms with Gasteiger partial charge in [0.25, 0.3) is 0 Å². The van der Waals surface area contributed by atoms with Crippen LogP contribution < -0.4 is 5.32 Å². The molecule has 0 saturated carbocycles. The van der Waals surface area contributed by atoms with Crippen LogP contribution >= 0.6 is 11.6 Å². The van der Waals surface area contributed by atoms with Crippen molar-refractivity contribution in [3.05, 3.63) is 77.4 Å². The topological polar surface area (TPSA) is 58.0 Å². The first-order valence-corrected chi connectivity index (χ1v) is 7.66. The third-order valence-electron chi connectivity index (χ3n) is 3.42. The van der Waals surface area contributed by atoms with E-state index in [0.29, 0.717) is 23.2 Å². The zero-order chi connectivity index (χ0) is 16.1. The highest BCUT2D eigenvalue weighted by molar-refractivity contribution is 6.30. The number of nitrogens with one attached hydrogen (secondary N) is 1. The molecule has 5 heteroatoms. The molecule has 0 aliphatic carbocycles. The van der Waals surface area contributed by atoms with Crippen LogP contribution in [0.5, 0.6) is 0 Å². The van der Waals surface area contributed by atoms with Crippen molar-refractivity contribution in [2.75, 3.05) is 11.9 Å². The maximum absolute atomic E-state index is 10.2. The predicted molar refractivity (Wildman–Crippen MR) is 92.4 cm³/mol. The van der Waals surface area contributed by atoms with Gasteiger partial charge in [0.05, 0.1) is 6.10 Å². The Hall–Kier alpha value is -2.43. The summed E-state index contributed by atoms with van der Waals surface area (Å²) in [7, 11) is 0. The van der Waals surface area contributed by atoms with E-state index in [-0.39, 0.29) is 0 Å². The van der Waals surface area contributed by atoms with Crippen molar-refractivity contribution in [1.29, 1.82) is 0 Å². The number of anilines is 1. The van der Waals surface area contributed by atoms with E-state index in [2.05, 4.69) is 15.3 Å². The molecular formula is C18H16ClN3O. The summed E-state index contributed by atoms with van der Waals surface area (Å²) in [4.78, 5) is 8.74. The highest BCUT2D eigenvalue weighted by Gasteiger charge is 2.08. The fourth-order valence-corrected chi connectivity index (χ4v) is 2.31. The molecule has 0 amide bonds. The Bertz CT molecular complexity index is 763. The second-order valence-corrected chi connectivity index (χ2v) is 5.52. The molecule has 0 radical (unpaired) electrons. The highest BCUT2D eigenvalue weighted by atomic mass is 35.5. The normalized spacial score (nSPS) is 11.9. The molecule has 0 saturated heterocycles. The monoisotopic (exact) mass is 325 g/mol. The average molecular weight is 326 g/mol. The summed E-state index contributed by atoms with van der Waals surface area (Å²) in [6.45, 7) is 0.354. The first-order chi connectivity index (χ1) is 11.2. The zero-order valence-corrected chi connectivity index (χ0v) is 13.1. The lowest BCUT2D eigenvalue weighted by Gasteiger charge is -2.13. The van der Waals surface area contributed by atoms with Gasteiger partial charge in [-0.1, -0.05) is 54.1 Å². The van der Waals surface area contributed by atoms with E-state index in [1.165, 1.54) is 0 Å². The Morgan fingerprint density at radius 2 is 1.74 bits per heavy atom. The number of aromatic nitrogens is 2. The summed E-state index contributed by atoms with van der Waals surface area (Å²) < 4.78 is 0. The van der Waals surface area contributed by atoms with Crippen LogP contribution in [0.25, 0.3) is 11.4 Å². The van der Waals surface area contributed by atoms with Gasteiger partial charge in [-0.15, -0.1) is 0 Å². The molecule has 0 fully saturated rings. The van der Waals surface area contributed by atoms with Crippen LogP contribution in [0.2, 0.25) is 5.02 Å². The molecule has 0 aliphatic rings. The number of rotatable bonds is 5. The number of hydrogen-bond acceptors (Lipinski definition) is 4. The van der Waals surface area contributed by atoms with Crippen molar-refractivity contribution in [2.45, 2.75) is 6.10 Å². The number of aliphatic hydroxyl groups is 1. The maximum atomic E-state index is 10.2. The van der Waals surface area contributed by atoms with Gasteiger partial charge >= 0.3 is 0 Å². The lowest BCUT2D eigenvalue weighted by molar-refractivity contribution is 0.191. The minimum absolute atomic E-state index is 0.354. The van der Waals surface area contributed by atoms with Gasteiger partial charge in [-0.2, -0.15) is 0 Å². The van der Waals surface area contributed by atoms with Crippen LogP contribution in [0.4, 0.5) is 5.82 Å². The van der Waals surface area contributed by atoms with E-state index < -0.39 is 6.10 Å². The largest absolute Gasteiger partial charge is 0.387 e. The molecule has 1 aromatic heterocycles. The number of aliphatic hydroxyl groups excluding tert-OH is 1. The summed E-state index contributed by atoms with van der Waals surface area (Å²) in [5, 5.41) is 14.0. The van der Waals surface area contributed by atoms with Gasteiger partial charge in [-0.3, -0.25) is 0 Å². The van der Waals surface area contributed by atoms with Gasteiger partial charge < -0.3 is 10.4 Å². The Kier molecular flexibility index (Phi) is 4.86. The maximum Gasteiger partial charge on any atom is 0.161 e. The van der Waals surface area contributed by atoms with E-state index in [4.69, 9.17) is 11.6 Å². The fourth-order valence-electron chi connectivity index (χ4n) is 2.19. The van der Waals surface area contributed by atoms with Crippen LogP contribution in [-0.4, -0.2) is 21.6 Å². The zero-order valence-electron chi connectivity index (χ0n) is 12.4. The van der Waals surface area contributed by atoms with Crippen LogP contribution in [0, 0.1) is 0 Å². The van der Waals surface area contributed by atoms with Crippen molar-refractivity contribution < 1.29 is 5.11 Å². The molecule has 3 aromatic rings. The number of benzene rings is 2. The van der Waals surface area contributed by atoms with Crippen LogP contribution in [0.15, 0.2) is 66.9 Å². The first kappa shape index (κ1) is 15.5. The Morgan fingerprint density at radius 3 is 2.48 bits per heavy atom. The molecule has 1 atom stereocenters. The molecule has 2 N–H and O–H groups in total. The fraction of sp³-hybridized carbons (Fsp3) is 0.111. The van der Waals surface area contributed by atoms with E-state index in [1.807, 2.05) is 42.5 Å². The van der Waals surface area contributed by atoms with E-state index >= 15 is 0 Å². The van der Waals surface area contributed by atoms with Gasteiger partial charge in [-0.25, -0.2) is 9.97 Å². The van der Waals surface area contributed by atoms with Crippen molar-refractivity contribution >= 4 is 17.4 Å². The quantitative estimate of drug-likeness (QED) is 0.746. The second kappa shape index (κ2) is 7.22. The van der Waals surface area contributed by atoms with Crippen molar-refractivity contribution in [3.63, 3.8) is 0 Å². The summed E-state index contributed by atoms with van der Waals surface area (Å²) >= 11 is 5.85. The van der Waals surface area contributed by atoms with E-state index in [0.717, 1.165) is 11.1 Å². The van der Waals surface area contributed by atoms with E-state index in [9.17, 15) is 5.11 Å². The molecule has 1 unspecified atom stereocenters. The molecule has 0 aliphatic heterocycles. The molecule has 0 spiro atoms. The second-order valence-electron chi connectivity index (χ2n) is 5.08. The van der Waals surface area contributed by atoms with Gasteiger partial charge in [0.1, 0.15) is 5.82 Å². The summed E-state index contributed by atoms with van der Waals surface area (Å²) in [6.07, 6.45) is 1.06. The van der Waals surface area contributed by atoms with Crippen molar-refractivity contribution in [3.8, 4) is 11.4 Å². The molecule has 116 valence electrons. The SMILES string of the molecule is OC(CNc1ccnc(-c2ccccc2)n1)c1ccc(Cl)cc1. The molecule has 2 aromatic carbocycles. The van der Waals surface area contributed by atoms with Crippen molar-refractivity contribution in [1.82, 2.24) is 9.97 Å². The lowest BCUT2D eigenvalue weighted by atomic mass is 10.1. The molecular weight excluding hydrogens is 310 g/mol. The minimum Gasteiger partial charge on any atom is -0.387 e. The summed E-state index contributed by atoms with van der Waals surface area (Å²) in [5.74, 6) is 1.32. The molecule has 1 heterocycles. The molecule has 23 heavy (non-hydrogen) atoms. The van der Waals surface area contributed by atoms with Crippen LogP contribution in [0.1, 0.15) is 11.7 Å². The number of nitrogens with zero attached hydrogens (tertiary/aromatic N) is 2. The third kappa shape index (κ3) is 4.06. The predicted octanol–water partition coefficient (Wildman–Crippen LogP) is 3.94. The Labute approximate surface area is 139 Å². The smallest absolute Gasteiger partial charge is 0.161 e. The van der Waals surface area contributed by atoms with E-state index in [1.54, 1.807) is 24.4 Å². The van der Waals surface area contributed by atoms with Gasteiger partial charge in [0.15, 0.2) is 5.82 Å². The van der Waals surface area contributed by atoms with Gasteiger partial charge in [0.2, 0.25) is 0 Å². The van der Waals surface area contributed by atoms with Crippen molar-refractivity contribution in [2.24, 2.45) is 0 Å². The molecule has 4 nitrogen and oxygen atoms in total. The Balaban J connectivity index is 1.68. The summed E-state index contributed by atoms with van der Waals surface area (Å²) in [5.41, 5.74) is 1.76. The first-order valence-electron chi connectivity index (χ1n) is 7.28. The number of halogens is 1. The Morgan fingerprint density at radius 1 is 1.00 bits per heavy atom. The van der Waals surface area contributed by atoms with Crippen LogP contribution in [0.3, 0.4) is 0 Å². The highest BCUT2D eigenvalue weighted by Crippen LogP contribution is 2.18. The van der Waals surface area contributed by atoms with Crippen LogP contribution in [-0.2, 0) is 0 Å².